The normalized spacial score (nSPS) is 10.5. The molecule has 0 radical (unpaired) electrons. The fourth-order valence-corrected chi connectivity index (χ4v) is 3.10. The summed E-state index contributed by atoms with van der Waals surface area (Å²) in [5, 5.41) is 14.1. The van der Waals surface area contributed by atoms with Gasteiger partial charge in [-0.25, -0.2) is 4.79 Å². The zero-order valence-electron chi connectivity index (χ0n) is 12.6. The van der Waals surface area contributed by atoms with Crippen molar-refractivity contribution >= 4 is 38.6 Å². The van der Waals surface area contributed by atoms with Gasteiger partial charge in [-0.1, -0.05) is 42.5 Å². The van der Waals surface area contributed by atoms with Crippen LogP contribution in [0.15, 0.2) is 65.1 Å². The van der Waals surface area contributed by atoms with Gasteiger partial charge in [-0.3, -0.25) is 4.79 Å². The Kier molecular flexibility index (Phi) is 4.62. The number of carboxylic acids is 1. The number of fused-ring (bicyclic) bond motifs is 1. The van der Waals surface area contributed by atoms with Crippen molar-refractivity contribution in [3.63, 3.8) is 0 Å². The second-order valence-corrected chi connectivity index (χ2v) is 6.18. The van der Waals surface area contributed by atoms with Gasteiger partial charge in [0.2, 0.25) is 0 Å². The molecule has 0 heterocycles. The van der Waals surface area contributed by atoms with Crippen LogP contribution in [0.5, 0.6) is 0 Å². The van der Waals surface area contributed by atoms with Gasteiger partial charge in [-0.15, -0.1) is 0 Å². The molecule has 3 aromatic rings. The monoisotopic (exact) mass is 383 g/mol. The second-order valence-electron chi connectivity index (χ2n) is 5.32. The van der Waals surface area contributed by atoms with E-state index in [0.717, 1.165) is 16.3 Å². The number of amides is 1. The molecule has 0 spiro atoms. The molecular formula is C19H14BrNO3. The molecule has 24 heavy (non-hydrogen) atoms. The van der Waals surface area contributed by atoms with E-state index in [1.165, 1.54) is 18.2 Å². The molecule has 0 bridgehead atoms. The van der Waals surface area contributed by atoms with Crippen LogP contribution >= 0.6 is 15.9 Å². The minimum absolute atomic E-state index is 0.126. The average molecular weight is 384 g/mol. The highest BCUT2D eigenvalue weighted by molar-refractivity contribution is 9.10. The summed E-state index contributed by atoms with van der Waals surface area (Å²) in [4.78, 5) is 23.3. The smallest absolute Gasteiger partial charge is 0.336 e. The molecule has 0 aliphatic rings. The van der Waals surface area contributed by atoms with Gasteiger partial charge in [0.25, 0.3) is 5.91 Å². The lowest BCUT2D eigenvalue weighted by Crippen LogP contribution is -2.23. The molecule has 2 N–H and O–H groups in total. The lowest BCUT2D eigenvalue weighted by molar-refractivity contribution is 0.0695. The molecule has 0 unspecified atom stereocenters. The van der Waals surface area contributed by atoms with Gasteiger partial charge in [-0.05, 0) is 50.5 Å². The molecule has 4 nitrogen and oxygen atoms in total. The summed E-state index contributed by atoms with van der Waals surface area (Å²) in [6.07, 6.45) is 0. The van der Waals surface area contributed by atoms with Gasteiger partial charge in [0, 0.05) is 16.6 Å². The maximum absolute atomic E-state index is 12.3. The van der Waals surface area contributed by atoms with Crippen molar-refractivity contribution in [1.82, 2.24) is 5.32 Å². The Bertz CT molecular complexity index is 932. The number of hydrogen-bond acceptors (Lipinski definition) is 2. The topological polar surface area (TPSA) is 66.4 Å². The van der Waals surface area contributed by atoms with E-state index in [0.29, 0.717) is 16.6 Å². The predicted octanol–water partition coefficient (Wildman–Crippen LogP) is 4.23. The first-order valence-corrected chi connectivity index (χ1v) is 8.13. The zero-order chi connectivity index (χ0) is 17.1. The Morgan fingerprint density at radius 3 is 2.50 bits per heavy atom. The fourth-order valence-electron chi connectivity index (χ4n) is 2.55. The summed E-state index contributed by atoms with van der Waals surface area (Å²) in [7, 11) is 0. The largest absolute Gasteiger partial charge is 0.478 e. The summed E-state index contributed by atoms with van der Waals surface area (Å²) in [6, 6.07) is 18.4. The molecule has 0 saturated carbocycles. The number of carbonyl (C=O) groups excluding carboxylic acids is 1. The number of nitrogens with one attached hydrogen (secondary N) is 1. The van der Waals surface area contributed by atoms with Gasteiger partial charge in [-0.2, -0.15) is 0 Å². The molecule has 5 heteroatoms. The van der Waals surface area contributed by atoms with Crippen LogP contribution in [-0.2, 0) is 6.54 Å². The molecular weight excluding hydrogens is 370 g/mol. The summed E-state index contributed by atoms with van der Waals surface area (Å²) >= 11 is 3.18. The Balaban J connectivity index is 1.78. The number of carbonyl (C=O) groups is 2. The van der Waals surface area contributed by atoms with Crippen molar-refractivity contribution in [3.05, 3.63) is 81.8 Å². The highest BCUT2D eigenvalue weighted by atomic mass is 79.9. The first kappa shape index (κ1) is 16.2. The van der Waals surface area contributed by atoms with Crippen molar-refractivity contribution in [1.29, 1.82) is 0 Å². The predicted molar refractivity (Wildman–Crippen MR) is 96.2 cm³/mol. The highest BCUT2D eigenvalue weighted by Gasteiger charge is 2.12. The summed E-state index contributed by atoms with van der Waals surface area (Å²) in [5.74, 6) is -1.29. The summed E-state index contributed by atoms with van der Waals surface area (Å²) in [6.45, 7) is 0.401. The first-order valence-electron chi connectivity index (χ1n) is 7.34. The first-order chi connectivity index (χ1) is 11.6. The lowest BCUT2D eigenvalue weighted by atomic mass is 10.0. The van der Waals surface area contributed by atoms with E-state index in [1.807, 2.05) is 42.5 Å². The van der Waals surface area contributed by atoms with E-state index in [9.17, 15) is 9.59 Å². The van der Waals surface area contributed by atoms with E-state index in [2.05, 4.69) is 21.2 Å². The Morgan fingerprint density at radius 1 is 1.00 bits per heavy atom. The molecule has 0 aliphatic heterocycles. The van der Waals surface area contributed by atoms with Crippen LogP contribution in [0.3, 0.4) is 0 Å². The number of hydrogen-bond donors (Lipinski definition) is 2. The molecule has 3 rings (SSSR count). The second kappa shape index (κ2) is 6.84. The van der Waals surface area contributed by atoms with Gasteiger partial charge in [0.1, 0.15) is 0 Å². The number of benzene rings is 3. The molecule has 3 aromatic carbocycles. The Hall–Kier alpha value is -2.66. The highest BCUT2D eigenvalue weighted by Crippen LogP contribution is 2.20. The van der Waals surface area contributed by atoms with Crippen molar-refractivity contribution in [2.75, 3.05) is 0 Å². The van der Waals surface area contributed by atoms with Crippen LogP contribution in [0.25, 0.3) is 10.8 Å². The summed E-state index contributed by atoms with van der Waals surface area (Å²) in [5.41, 5.74) is 1.57. The molecule has 1 amide bonds. The van der Waals surface area contributed by atoms with Crippen molar-refractivity contribution in [2.45, 2.75) is 6.54 Å². The standard InChI is InChI=1S/C19H14BrNO3/c20-17-10-13(8-9-16(17)19(23)24)18(22)21-11-14-6-3-5-12-4-1-2-7-15(12)14/h1-10H,11H2,(H,21,22)(H,23,24). The summed E-state index contributed by atoms with van der Waals surface area (Å²) < 4.78 is 0.382. The van der Waals surface area contributed by atoms with Crippen LogP contribution in [0.4, 0.5) is 0 Å². The van der Waals surface area contributed by atoms with E-state index in [4.69, 9.17) is 5.11 Å². The van der Waals surface area contributed by atoms with Crippen molar-refractivity contribution in [3.8, 4) is 0 Å². The van der Waals surface area contributed by atoms with E-state index in [-0.39, 0.29) is 11.5 Å². The lowest BCUT2D eigenvalue weighted by Gasteiger charge is -2.09. The van der Waals surface area contributed by atoms with Crippen LogP contribution < -0.4 is 5.32 Å². The van der Waals surface area contributed by atoms with Crippen molar-refractivity contribution < 1.29 is 14.7 Å². The Labute approximate surface area is 147 Å². The third-order valence-electron chi connectivity index (χ3n) is 3.78. The average Bonchev–Trinajstić information content (AvgIpc) is 2.59. The van der Waals surface area contributed by atoms with E-state index < -0.39 is 5.97 Å². The number of aromatic carboxylic acids is 1. The van der Waals surface area contributed by atoms with E-state index >= 15 is 0 Å². The number of carboxylic acid groups (broad SMARTS) is 1. The van der Waals surface area contributed by atoms with Gasteiger partial charge in [0.05, 0.1) is 5.56 Å². The molecule has 0 atom stereocenters. The van der Waals surface area contributed by atoms with Crippen molar-refractivity contribution in [2.24, 2.45) is 0 Å². The molecule has 0 aliphatic carbocycles. The zero-order valence-corrected chi connectivity index (χ0v) is 14.2. The quantitative estimate of drug-likeness (QED) is 0.708. The van der Waals surface area contributed by atoms with E-state index in [1.54, 1.807) is 0 Å². The molecule has 0 saturated heterocycles. The molecule has 0 aromatic heterocycles. The SMILES string of the molecule is O=C(NCc1cccc2ccccc12)c1ccc(C(=O)O)c(Br)c1. The minimum Gasteiger partial charge on any atom is -0.478 e. The van der Waals surface area contributed by atoms with Crippen LogP contribution in [0, 0.1) is 0 Å². The number of halogens is 1. The van der Waals surface area contributed by atoms with Gasteiger partial charge in [0.15, 0.2) is 0 Å². The van der Waals surface area contributed by atoms with Crippen LogP contribution in [0.2, 0.25) is 0 Å². The maximum atomic E-state index is 12.3. The minimum atomic E-state index is -1.04. The van der Waals surface area contributed by atoms with Gasteiger partial charge < -0.3 is 10.4 Å². The third kappa shape index (κ3) is 3.31. The van der Waals surface area contributed by atoms with Crippen LogP contribution in [-0.4, -0.2) is 17.0 Å². The molecule has 0 fully saturated rings. The fraction of sp³-hybridized carbons (Fsp3) is 0.0526. The van der Waals surface area contributed by atoms with Gasteiger partial charge >= 0.3 is 5.97 Å². The Morgan fingerprint density at radius 2 is 1.75 bits per heavy atom. The third-order valence-corrected chi connectivity index (χ3v) is 4.44. The maximum Gasteiger partial charge on any atom is 0.336 e. The molecule has 120 valence electrons. The van der Waals surface area contributed by atoms with Crippen LogP contribution in [0.1, 0.15) is 26.3 Å². The number of rotatable bonds is 4.